The van der Waals surface area contributed by atoms with Crippen molar-refractivity contribution in [1.29, 1.82) is 0 Å². The van der Waals surface area contributed by atoms with Crippen LogP contribution in [0.4, 0.5) is 26.3 Å². The van der Waals surface area contributed by atoms with Crippen LogP contribution in [0.3, 0.4) is 0 Å². The number of halogens is 6. The molecule has 0 aliphatic carbocycles. The quantitative estimate of drug-likeness (QED) is 0.590. The van der Waals surface area contributed by atoms with Gasteiger partial charge in [0.1, 0.15) is 6.10 Å². The van der Waals surface area contributed by atoms with E-state index >= 15 is 0 Å². The molecule has 0 aromatic carbocycles. The molecule has 170 valence electrons. The minimum atomic E-state index is -5.08. The highest BCUT2D eigenvalue weighted by Gasteiger charge is 2.43. The van der Waals surface area contributed by atoms with Crippen LogP contribution < -0.4 is 10.1 Å². The molecular weight excluding hydrogens is 430 g/mol. The lowest BCUT2D eigenvalue weighted by Crippen LogP contribution is -2.31. The summed E-state index contributed by atoms with van der Waals surface area (Å²) in [4.78, 5) is 22.0. The molecule has 1 aromatic heterocycles. The molecule has 0 amide bonds. The van der Waals surface area contributed by atoms with Gasteiger partial charge in [-0.2, -0.15) is 26.3 Å². The van der Waals surface area contributed by atoms with E-state index in [9.17, 15) is 26.3 Å². The average molecular weight is 448 g/mol. The standard InChI is InChI=1S/C12H16N2O2.2C2HF3O2/c1-2-5-14-11(3-1)16-10-7-12(15-8-10)4-6-13-9-12;2*3-2(4,5)1(6)7/h1-3,5,10,13H,4,6-9H2;2*(H,6,7)/t10-,12+;;/m1../s1. The highest BCUT2D eigenvalue weighted by molar-refractivity contribution is 5.73. The first kappa shape index (κ1) is 25.4. The first-order chi connectivity index (χ1) is 13.8. The van der Waals surface area contributed by atoms with Crippen molar-refractivity contribution in [2.75, 3.05) is 19.7 Å². The SMILES string of the molecule is O=C(O)C(F)(F)F.O=C(O)C(F)(F)F.c1ccc(O[C@H]2CO[C@@]3(CCNC3)C2)nc1. The summed E-state index contributed by atoms with van der Waals surface area (Å²) in [7, 11) is 0. The van der Waals surface area contributed by atoms with Crippen molar-refractivity contribution in [2.45, 2.75) is 36.9 Å². The van der Waals surface area contributed by atoms with Gasteiger partial charge in [0, 0.05) is 25.2 Å². The molecule has 2 saturated heterocycles. The van der Waals surface area contributed by atoms with Crippen LogP contribution in [0.15, 0.2) is 24.4 Å². The molecular formula is C16H18F6N2O6. The number of carboxylic acids is 2. The van der Waals surface area contributed by atoms with Crippen molar-refractivity contribution < 1.29 is 55.6 Å². The van der Waals surface area contributed by atoms with Gasteiger partial charge in [-0.05, 0) is 19.0 Å². The lowest BCUT2D eigenvalue weighted by atomic mass is 9.98. The third-order valence-electron chi connectivity index (χ3n) is 3.79. The van der Waals surface area contributed by atoms with E-state index in [0.717, 1.165) is 25.9 Å². The van der Waals surface area contributed by atoms with Crippen molar-refractivity contribution in [3.05, 3.63) is 24.4 Å². The molecule has 3 N–H and O–H groups in total. The maximum absolute atomic E-state index is 10.6. The number of nitrogens with one attached hydrogen (secondary N) is 1. The van der Waals surface area contributed by atoms with Crippen molar-refractivity contribution in [2.24, 2.45) is 0 Å². The van der Waals surface area contributed by atoms with Gasteiger partial charge in [0.25, 0.3) is 0 Å². The minimum absolute atomic E-state index is 0.0272. The lowest BCUT2D eigenvalue weighted by molar-refractivity contribution is -0.193. The molecule has 2 aliphatic heterocycles. The second-order valence-corrected chi connectivity index (χ2v) is 6.14. The molecule has 30 heavy (non-hydrogen) atoms. The summed E-state index contributed by atoms with van der Waals surface area (Å²) in [5.74, 6) is -4.82. The second-order valence-electron chi connectivity index (χ2n) is 6.14. The van der Waals surface area contributed by atoms with E-state index in [2.05, 4.69) is 10.3 Å². The van der Waals surface area contributed by atoms with Gasteiger partial charge in [0.2, 0.25) is 5.88 Å². The van der Waals surface area contributed by atoms with Crippen LogP contribution in [0.5, 0.6) is 5.88 Å². The first-order valence-electron chi connectivity index (χ1n) is 8.28. The lowest BCUT2D eigenvalue weighted by Gasteiger charge is -2.20. The van der Waals surface area contributed by atoms with Crippen LogP contribution in [-0.2, 0) is 14.3 Å². The molecule has 2 atom stereocenters. The fourth-order valence-corrected chi connectivity index (χ4v) is 2.48. The fourth-order valence-electron chi connectivity index (χ4n) is 2.48. The molecule has 2 fully saturated rings. The smallest absolute Gasteiger partial charge is 0.475 e. The monoisotopic (exact) mass is 448 g/mol. The number of carboxylic acid groups (broad SMARTS) is 2. The molecule has 0 radical (unpaired) electrons. The molecule has 2 aliphatic rings. The largest absolute Gasteiger partial charge is 0.490 e. The van der Waals surface area contributed by atoms with Crippen LogP contribution in [-0.4, -0.2) is 70.9 Å². The van der Waals surface area contributed by atoms with E-state index in [1.807, 2.05) is 18.2 Å². The van der Waals surface area contributed by atoms with Crippen LogP contribution in [0.25, 0.3) is 0 Å². The summed E-state index contributed by atoms with van der Waals surface area (Å²) >= 11 is 0. The maximum atomic E-state index is 10.6. The fraction of sp³-hybridized carbons (Fsp3) is 0.562. The Hall–Kier alpha value is -2.61. The predicted octanol–water partition coefficient (Wildman–Crippen LogP) is 2.25. The Morgan fingerprint density at radius 2 is 1.70 bits per heavy atom. The number of carbonyl (C=O) groups is 2. The Bertz CT molecular complexity index is 668. The number of nitrogens with zero attached hydrogens (tertiary/aromatic N) is 1. The van der Waals surface area contributed by atoms with Gasteiger partial charge in [-0.3, -0.25) is 0 Å². The number of alkyl halides is 6. The Kier molecular flexibility index (Phi) is 8.84. The highest BCUT2D eigenvalue weighted by atomic mass is 19.4. The normalized spacial score (nSPS) is 23.1. The molecule has 0 saturated carbocycles. The first-order valence-corrected chi connectivity index (χ1v) is 8.28. The summed E-state index contributed by atoms with van der Waals surface area (Å²) in [6, 6.07) is 5.71. The third-order valence-corrected chi connectivity index (χ3v) is 3.79. The van der Waals surface area contributed by atoms with E-state index in [1.165, 1.54) is 0 Å². The topological polar surface area (TPSA) is 118 Å². The zero-order valence-electron chi connectivity index (χ0n) is 15.2. The van der Waals surface area contributed by atoms with Crippen LogP contribution in [0.2, 0.25) is 0 Å². The van der Waals surface area contributed by atoms with Crippen LogP contribution in [0.1, 0.15) is 12.8 Å². The number of hydrogen-bond donors (Lipinski definition) is 3. The van der Waals surface area contributed by atoms with E-state index in [4.69, 9.17) is 29.3 Å². The van der Waals surface area contributed by atoms with Gasteiger partial charge in [0.05, 0.1) is 12.2 Å². The molecule has 0 bridgehead atoms. The van der Waals surface area contributed by atoms with Gasteiger partial charge in [-0.1, -0.05) is 6.07 Å². The number of ether oxygens (including phenoxy) is 2. The Balaban J connectivity index is 0.000000271. The second kappa shape index (κ2) is 10.4. The van der Waals surface area contributed by atoms with Crippen molar-refractivity contribution in [3.8, 4) is 5.88 Å². The zero-order chi connectivity index (χ0) is 23.0. The number of hydrogen-bond acceptors (Lipinski definition) is 6. The highest BCUT2D eigenvalue weighted by Crippen LogP contribution is 2.33. The van der Waals surface area contributed by atoms with Crippen LogP contribution >= 0.6 is 0 Å². The summed E-state index contributed by atoms with van der Waals surface area (Å²) in [5, 5.41) is 17.6. The van der Waals surface area contributed by atoms with Gasteiger partial charge in [-0.25, -0.2) is 14.6 Å². The van der Waals surface area contributed by atoms with Crippen LogP contribution in [0, 0.1) is 0 Å². The van der Waals surface area contributed by atoms with E-state index in [-0.39, 0.29) is 11.7 Å². The van der Waals surface area contributed by atoms with Crippen molar-refractivity contribution in [3.63, 3.8) is 0 Å². The average Bonchev–Trinajstić information content (AvgIpc) is 3.25. The predicted molar refractivity (Wildman–Crippen MR) is 86.8 cm³/mol. The number of pyridine rings is 1. The summed E-state index contributed by atoms with van der Waals surface area (Å²) < 4.78 is 75.1. The molecule has 1 aromatic rings. The zero-order valence-corrected chi connectivity index (χ0v) is 15.2. The minimum Gasteiger partial charge on any atom is -0.475 e. The number of aliphatic carboxylic acids is 2. The van der Waals surface area contributed by atoms with Gasteiger partial charge in [0.15, 0.2) is 0 Å². The molecule has 14 heteroatoms. The number of rotatable bonds is 2. The van der Waals surface area contributed by atoms with E-state index < -0.39 is 24.3 Å². The Labute approximate surface area is 165 Å². The summed E-state index contributed by atoms with van der Waals surface area (Å²) in [5.41, 5.74) is 0.0272. The molecule has 1 spiro atoms. The van der Waals surface area contributed by atoms with Crippen molar-refractivity contribution >= 4 is 11.9 Å². The Morgan fingerprint density at radius 3 is 2.10 bits per heavy atom. The van der Waals surface area contributed by atoms with Gasteiger partial charge >= 0.3 is 24.3 Å². The summed E-state index contributed by atoms with van der Waals surface area (Å²) in [6.07, 6.45) is -6.21. The maximum Gasteiger partial charge on any atom is 0.490 e. The van der Waals surface area contributed by atoms with E-state index in [1.54, 1.807) is 6.20 Å². The number of aromatic nitrogens is 1. The molecule has 0 unspecified atom stereocenters. The summed E-state index contributed by atoms with van der Waals surface area (Å²) in [6.45, 7) is 2.68. The molecule has 3 rings (SSSR count). The Morgan fingerprint density at radius 1 is 1.13 bits per heavy atom. The molecule has 8 nitrogen and oxygen atoms in total. The van der Waals surface area contributed by atoms with Crippen molar-refractivity contribution in [1.82, 2.24) is 10.3 Å². The molecule has 3 heterocycles. The van der Waals surface area contributed by atoms with E-state index in [0.29, 0.717) is 12.5 Å². The third kappa shape index (κ3) is 8.82. The van der Waals surface area contributed by atoms with Gasteiger partial charge < -0.3 is 25.0 Å². The van der Waals surface area contributed by atoms with Gasteiger partial charge in [-0.15, -0.1) is 0 Å².